The lowest BCUT2D eigenvalue weighted by atomic mass is 9.94. The van der Waals surface area contributed by atoms with E-state index in [1.165, 1.54) is 0 Å². The second kappa shape index (κ2) is 7.36. The van der Waals surface area contributed by atoms with Gasteiger partial charge in [-0.1, -0.05) is 0 Å². The molecule has 1 unspecified atom stereocenters. The summed E-state index contributed by atoms with van der Waals surface area (Å²) in [6.07, 6.45) is 1.15. The summed E-state index contributed by atoms with van der Waals surface area (Å²) in [6, 6.07) is 5.36. The van der Waals surface area contributed by atoms with Crippen molar-refractivity contribution in [1.82, 2.24) is 5.32 Å². The minimum atomic E-state index is -0.925. The predicted octanol–water partition coefficient (Wildman–Crippen LogP) is 0.468. The number of rotatable bonds is 4. The van der Waals surface area contributed by atoms with Gasteiger partial charge >= 0.3 is 0 Å². The fraction of sp³-hybridized carbons (Fsp3) is 0.579. The molecule has 3 heterocycles. The van der Waals surface area contributed by atoms with E-state index in [1.807, 2.05) is 0 Å². The zero-order valence-corrected chi connectivity index (χ0v) is 15.1. The molecule has 0 aliphatic carbocycles. The Morgan fingerprint density at radius 3 is 2.70 bits per heavy atom. The summed E-state index contributed by atoms with van der Waals surface area (Å²) in [4.78, 5) is 26.5. The molecule has 1 aromatic carbocycles. The average Bonchev–Trinajstić information content (AvgIpc) is 3.08. The monoisotopic (exact) mass is 376 g/mol. The van der Waals surface area contributed by atoms with Crippen LogP contribution in [0.5, 0.6) is 11.5 Å². The number of carbonyl (C=O) groups excluding carboxylic acids is 2. The van der Waals surface area contributed by atoms with Gasteiger partial charge in [0.1, 0.15) is 13.2 Å². The molecule has 8 nitrogen and oxygen atoms in total. The Morgan fingerprint density at radius 2 is 1.93 bits per heavy atom. The molecule has 0 aromatic heterocycles. The van der Waals surface area contributed by atoms with Crippen LogP contribution in [0.2, 0.25) is 0 Å². The molecule has 2 amide bonds. The van der Waals surface area contributed by atoms with Crippen LogP contribution in [0, 0.1) is 5.92 Å². The summed E-state index contributed by atoms with van der Waals surface area (Å²) >= 11 is 0. The molecule has 27 heavy (non-hydrogen) atoms. The third-order valence-corrected chi connectivity index (χ3v) is 5.35. The van der Waals surface area contributed by atoms with Crippen molar-refractivity contribution in [2.75, 3.05) is 44.4 Å². The number of anilines is 1. The molecule has 0 bridgehead atoms. The highest BCUT2D eigenvalue weighted by molar-refractivity contribution is 6.00. The van der Waals surface area contributed by atoms with Gasteiger partial charge in [-0.2, -0.15) is 0 Å². The number of nitrogens with one attached hydrogen (secondary N) is 1. The van der Waals surface area contributed by atoms with Crippen molar-refractivity contribution in [3.8, 4) is 11.5 Å². The van der Waals surface area contributed by atoms with Gasteiger partial charge in [0.25, 0.3) is 0 Å². The number of carbonyl (C=O) groups is 2. The molecule has 2 saturated heterocycles. The lowest BCUT2D eigenvalue weighted by Gasteiger charge is -2.32. The van der Waals surface area contributed by atoms with Gasteiger partial charge in [-0.15, -0.1) is 0 Å². The maximum atomic E-state index is 12.5. The molecule has 2 N–H and O–H groups in total. The smallest absolute Gasteiger partial charge is 0.227 e. The van der Waals surface area contributed by atoms with Crippen LogP contribution >= 0.6 is 0 Å². The Morgan fingerprint density at radius 1 is 1.19 bits per heavy atom. The number of fused-ring (bicyclic) bond motifs is 1. The first kappa shape index (κ1) is 18.1. The van der Waals surface area contributed by atoms with Gasteiger partial charge < -0.3 is 29.5 Å². The van der Waals surface area contributed by atoms with Crippen LogP contribution in [-0.2, 0) is 14.3 Å². The van der Waals surface area contributed by atoms with Crippen molar-refractivity contribution >= 4 is 17.5 Å². The summed E-state index contributed by atoms with van der Waals surface area (Å²) < 4.78 is 16.3. The second-order valence-corrected chi connectivity index (χ2v) is 7.29. The molecule has 3 aliphatic rings. The molecule has 1 aromatic rings. The maximum Gasteiger partial charge on any atom is 0.227 e. The topological polar surface area (TPSA) is 97.3 Å². The van der Waals surface area contributed by atoms with Crippen molar-refractivity contribution in [1.29, 1.82) is 0 Å². The van der Waals surface area contributed by atoms with Crippen LogP contribution in [0.25, 0.3) is 0 Å². The van der Waals surface area contributed by atoms with Crippen molar-refractivity contribution in [3.05, 3.63) is 18.2 Å². The Bertz CT molecular complexity index is 731. The van der Waals surface area contributed by atoms with E-state index in [-0.39, 0.29) is 24.8 Å². The van der Waals surface area contributed by atoms with E-state index < -0.39 is 11.5 Å². The molecule has 2 fully saturated rings. The number of aliphatic hydroxyl groups is 1. The Labute approximate surface area is 157 Å². The molecule has 0 saturated carbocycles. The number of benzene rings is 1. The summed E-state index contributed by atoms with van der Waals surface area (Å²) in [7, 11) is 0. The van der Waals surface area contributed by atoms with Gasteiger partial charge in [0.2, 0.25) is 11.8 Å². The van der Waals surface area contributed by atoms with E-state index in [9.17, 15) is 14.7 Å². The predicted molar refractivity (Wildman–Crippen MR) is 95.9 cm³/mol. The van der Waals surface area contributed by atoms with Gasteiger partial charge in [-0.3, -0.25) is 9.59 Å². The number of nitrogens with zero attached hydrogens (tertiary/aromatic N) is 1. The normalized spacial score (nSPS) is 24.0. The molecule has 0 radical (unpaired) electrons. The lowest BCUT2D eigenvalue weighted by Crippen LogP contribution is -2.48. The summed E-state index contributed by atoms with van der Waals surface area (Å²) in [5.41, 5.74) is -0.228. The largest absolute Gasteiger partial charge is 0.486 e. The van der Waals surface area contributed by atoms with Crippen LogP contribution in [0.1, 0.15) is 19.3 Å². The van der Waals surface area contributed by atoms with E-state index >= 15 is 0 Å². The lowest BCUT2D eigenvalue weighted by molar-refractivity contribution is -0.128. The van der Waals surface area contributed by atoms with Gasteiger partial charge in [-0.05, 0) is 12.1 Å². The Balaban J connectivity index is 1.37. The zero-order valence-electron chi connectivity index (χ0n) is 15.1. The zero-order chi connectivity index (χ0) is 18.9. The molecule has 4 rings (SSSR count). The highest BCUT2D eigenvalue weighted by Gasteiger charge is 2.37. The number of ether oxygens (including phenoxy) is 3. The molecule has 146 valence electrons. The van der Waals surface area contributed by atoms with Crippen LogP contribution in [-0.4, -0.2) is 62.0 Å². The van der Waals surface area contributed by atoms with Gasteiger partial charge in [0.05, 0.1) is 11.5 Å². The minimum absolute atomic E-state index is 0.100. The van der Waals surface area contributed by atoms with Crippen molar-refractivity contribution < 1.29 is 28.9 Å². The van der Waals surface area contributed by atoms with Crippen LogP contribution in [0.15, 0.2) is 18.2 Å². The van der Waals surface area contributed by atoms with E-state index in [1.54, 1.807) is 23.1 Å². The maximum absolute atomic E-state index is 12.5. The Kier molecular flexibility index (Phi) is 4.92. The quantitative estimate of drug-likeness (QED) is 0.793. The molecular formula is C19H24N2O6. The van der Waals surface area contributed by atoms with E-state index in [4.69, 9.17) is 14.2 Å². The molecule has 8 heteroatoms. The standard InChI is InChI=1S/C19H24N2O6/c22-17-9-13(18(23)20-12-19(24)3-5-25-6-4-19)11-21(17)14-1-2-15-16(10-14)27-8-7-26-15/h1-2,10,13,24H,3-9,11-12H2,(H,20,23). The first-order valence-electron chi connectivity index (χ1n) is 9.32. The average molecular weight is 376 g/mol. The van der Waals surface area contributed by atoms with Gasteiger partial charge in [0, 0.05) is 57.3 Å². The van der Waals surface area contributed by atoms with Crippen molar-refractivity contribution in [2.24, 2.45) is 5.92 Å². The minimum Gasteiger partial charge on any atom is -0.486 e. The van der Waals surface area contributed by atoms with Crippen molar-refractivity contribution in [3.63, 3.8) is 0 Å². The fourth-order valence-corrected chi connectivity index (χ4v) is 3.66. The van der Waals surface area contributed by atoms with Crippen LogP contribution in [0.3, 0.4) is 0 Å². The summed E-state index contributed by atoms with van der Waals surface area (Å²) in [5, 5.41) is 13.3. The summed E-state index contributed by atoms with van der Waals surface area (Å²) in [6.45, 7) is 2.47. The van der Waals surface area contributed by atoms with E-state index in [2.05, 4.69) is 5.32 Å². The first-order chi connectivity index (χ1) is 13.0. The first-order valence-corrected chi connectivity index (χ1v) is 9.32. The van der Waals surface area contributed by atoms with E-state index in [0.717, 1.165) is 0 Å². The molecule has 0 spiro atoms. The third kappa shape index (κ3) is 3.86. The summed E-state index contributed by atoms with van der Waals surface area (Å²) in [5.74, 6) is 0.533. The fourth-order valence-electron chi connectivity index (χ4n) is 3.66. The highest BCUT2D eigenvalue weighted by Crippen LogP contribution is 2.36. The second-order valence-electron chi connectivity index (χ2n) is 7.29. The number of hydrogen-bond donors (Lipinski definition) is 2. The van der Waals surface area contributed by atoms with Gasteiger partial charge in [0.15, 0.2) is 11.5 Å². The SMILES string of the molecule is O=C(NCC1(O)CCOCC1)C1CC(=O)N(c2ccc3c(c2)OCCO3)C1. The van der Waals surface area contributed by atoms with Crippen molar-refractivity contribution in [2.45, 2.75) is 24.9 Å². The number of hydrogen-bond acceptors (Lipinski definition) is 6. The van der Waals surface area contributed by atoms with Gasteiger partial charge in [-0.25, -0.2) is 0 Å². The molecule has 1 atom stereocenters. The number of amides is 2. The highest BCUT2D eigenvalue weighted by atomic mass is 16.6. The Hall–Kier alpha value is -2.32. The third-order valence-electron chi connectivity index (χ3n) is 5.35. The molecule has 3 aliphatic heterocycles. The van der Waals surface area contributed by atoms with Crippen LogP contribution in [0.4, 0.5) is 5.69 Å². The van der Waals surface area contributed by atoms with E-state index in [0.29, 0.717) is 63.0 Å². The molecular weight excluding hydrogens is 352 g/mol. The van der Waals surface area contributed by atoms with Crippen LogP contribution < -0.4 is 19.7 Å².